The second-order valence-electron chi connectivity index (χ2n) is 3.81. The van der Waals surface area contributed by atoms with E-state index in [4.69, 9.17) is 11.0 Å². The van der Waals surface area contributed by atoms with E-state index in [2.05, 4.69) is 38.1 Å². The zero-order chi connectivity index (χ0) is 11.7. The van der Waals surface area contributed by atoms with E-state index in [0.29, 0.717) is 10.6 Å². The summed E-state index contributed by atoms with van der Waals surface area (Å²) in [4.78, 5) is 1.64. The van der Waals surface area contributed by atoms with Gasteiger partial charge in [-0.3, -0.25) is 0 Å². The fraction of sp³-hybridized carbons (Fsp3) is 0.154. The van der Waals surface area contributed by atoms with E-state index in [1.165, 1.54) is 22.5 Å². The molecule has 0 aliphatic carbocycles. The lowest BCUT2D eigenvalue weighted by Gasteiger charge is -2.02. The molecule has 0 aliphatic heterocycles. The van der Waals surface area contributed by atoms with Gasteiger partial charge in [0.05, 0.1) is 5.69 Å². The lowest BCUT2D eigenvalue weighted by atomic mass is 10.1. The van der Waals surface area contributed by atoms with Gasteiger partial charge in [-0.05, 0) is 36.6 Å². The van der Waals surface area contributed by atoms with Crippen molar-refractivity contribution in [1.29, 1.82) is 5.26 Å². The largest absolute Gasteiger partial charge is 0.397 e. The van der Waals surface area contributed by atoms with E-state index in [0.717, 1.165) is 10.4 Å². The highest BCUT2D eigenvalue weighted by Gasteiger charge is 2.07. The second kappa shape index (κ2) is 3.99. The Morgan fingerprint density at radius 3 is 2.50 bits per heavy atom. The molecule has 2 aromatic rings. The van der Waals surface area contributed by atoms with Crippen LogP contribution in [0, 0.1) is 25.2 Å². The molecule has 0 spiro atoms. The molecule has 2 rings (SSSR count). The zero-order valence-corrected chi connectivity index (χ0v) is 10.1. The van der Waals surface area contributed by atoms with E-state index >= 15 is 0 Å². The summed E-state index contributed by atoms with van der Waals surface area (Å²) < 4.78 is 0. The SMILES string of the molecule is Cc1ccc(-c2cc(N)c(C#N)s2)cc1C. The number of hydrogen-bond donors (Lipinski definition) is 1. The van der Waals surface area contributed by atoms with Gasteiger partial charge in [0.25, 0.3) is 0 Å². The molecule has 1 heterocycles. The Morgan fingerprint density at radius 1 is 1.19 bits per heavy atom. The van der Waals surface area contributed by atoms with Crippen molar-refractivity contribution in [3.63, 3.8) is 0 Å². The molecule has 1 aromatic heterocycles. The van der Waals surface area contributed by atoms with Gasteiger partial charge in [-0.2, -0.15) is 5.26 Å². The Kier molecular flexibility index (Phi) is 2.67. The maximum Gasteiger partial charge on any atom is 0.128 e. The molecule has 0 fully saturated rings. The molecule has 0 radical (unpaired) electrons. The van der Waals surface area contributed by atoms with Gasteiger partial charge in [0.15, 0.2) is 0 Å². The van der Waals surface area contributed by atoms with Crippen LogP contribution >= 0.6 is 11.3 Å². The molecular weight excluding hydrogens is 216 g/mol. The molecule has 1 aromatic carbocycles. The van der Waals surface area contributed by atoms with Crippen molar-refractivity contribution in [2.24, 2.45) is 0 Å². The molecule has 16 heavy (non-hydrogen) atoms. The van der Waals surface area contributed by atoms with E-state index < -0.39 is 0 Å². The van der Waals surface area contributed by atoms with Crippen LogP contribution < -0.4 is 5.73 Å². The first-order valence-electron chi connectivity index (χ1n) is 4.99. The third-order valence-corrected chi connectivity index (χ3v) is 3.76. The Hall–Kier alpha value is -1.79. The fourth-order valence-electron chi connectivity index (χ4n) is 1.53. The van der Waals surface area contributed by atoms with Gasteiger partial charge < -0.3 is 5.73 Å². The minimum atomic E-state index is 0.570. The topological polar surface area (TPSA) is 49.8 Å². The Morgan fingerprint density at radius 2 is 1.94 bits per heavy atom. The normalized spacial score (nSPS) is 10.1. The molecule has 2 N–H and O–H groups in total. The molecule has 0 bridgehead atoms. The van der Waals surface area contributed by atoms with Gasteiger partial charge >= 0.3 is 0 Å². The van der Waals surface area contributed by atoms with Crippen molar-refractivity contribution < 1.29 is 0 Å². The van der Waals surface area contributed by atoms with Crippen LogP contribution in [-0.2, 0) is 0 Å². The Balaban J connectivity index is 2.51. The van der Waals surface area contributed by atoms with Gasteiger partial charge in [0.1, 0.15) is 10.9 Å². The molecule has 80 valence electrons. The number of benzene rings is 1. The number of hydrogen-bond acceptors (Lipinski definition) is 3. The number of nitrogen functional groups attached to an aromatic ring is 1. The van der Waals surface area contributed by atoms with E-state index in [1.807, 2.05) is 6.07 Å². The summed E-state index contributed by atoms with van der Waals surface area (Å²) in [6.45, 7) is 4.17. The van der Waals surface area contributed by atoms with Crippen LogP contribution in [0.15, 0.2) is 24.3 Å². The molecule has 0 aliphatic rings. The summed E-state index contributed by atoms with van der Waals surface area (Å²) in [6, 6.07) is 10.3. The smallest absolute Gasteiger partial charge is 0.128 e. The highest BCUT2D eigenvalue weighted by molar-refractivity contribution is 7.16. The number of thiophene rings is 1. The fourth-order valence-corrected chi connectivity index (χ4v) is 2.40. The number of nitrogens with two attached hydrogens (primary N) is 1. The minimum absolute atomic E-state index is 0.570. The van der Waals surface area contributed by atoms with Gasteiger partial charge in [0, 0.05) is 4.88 Å². The van der Waals surface area contributed by atoms with E-state index in [-0.39, 0.29) is 0 Å². The third-order valence-electron chi connectivity index (χ3n) is 2.65. The monoisotopic (exact) mass is 228 g/mol. The lowest BCUT2D eigenvalue weighted by molar-refractivity contribution is 1.34. The predicted octanol–water partition coefficient (Wildman–Crippen LogP) is 3.49. The summed E-state index contributed by atoms with van der Waals surface area (Å²) in [5.41, 5.74) is 9.97. The highest BCUT2D eigenvalue weighted by Crippen LogP contribution is 2.33. The molecular formula is C13H12N2S. The molecule has 0 saturated carbocycles. The standard InChI is InChI=1S/C13H12N2S/c1-8-3-4-10(5-9(8)2)12-6-11(15)13(7-14)16-12/h3-6H,15H2,1-2H3. The van der Waals surface area contributed by atoms with Crippen molar-refractivity contribution >= 4 is 17.0 Å². The zero-order valence-electron chi connectivity index (χ0n) is 9.24. The van der Waals surface area contributed by atoms with E-state index in [9.17, 15) is 0 Å². The highest BCUT2D eigenvalue weighted by atomic mass is 32.1. The maximum atomic E-state index is 8.86. The van der Waals surface area contributed by atoms with Crippen molar-refractivity contribution in [3.8, 4) is 16.5 Å². The maximum absolute atomic E-state index is 8.86. The summed E-state index contributed by atoms with van der Waals surface area (Å²) in [7, 11) is 0. The van der Waals surface area contributed by atoms with Gasteiger partial charge in [0.2, 0.25) is 0 Å². The van der Waals surface area contributed by atoms with Gasteiger partial charge in [-0.25, -0.2) is 0 Å². The summed E-state index contributed by atoms with van der Waals surface area (Å²) >= 11 is 1.44. The van der Waals surface area contributed by atoms with Crippen LogP contribution in [0.4, 0.5) is 5.69 Å². The van der Waals surface area contributed by atoms with Crippen LogP contribution in [0.5, 0.6) is 0 Å². The molecule has 2 nitrogen and oxygen atoms in total. The molecule has 0 unspecified atom stereocenters. The molecule has 3 heteroatoms. The number of anilines is 1. The Bertz CT molecular complexity index is 576. The van der Waals surface area contributed by atoms with E-state index in [1.54, 1.807) is 0 Å². The molecule has 0 atom stereocenters. The lowest BCUT2D eigenvalue weighted by Crippen LogP contribution is -1.82. The predicted molar refractivity (Wildman–Crippen MR) is 68.4 cm³/mol. The first-order valence-corrected chi connectivity index (χ1v) is 5.80. The van der Waals surface area contributed by atoms with Crippen LogP contribution in [0.2, 0.25) is 0 Å². The summed E-state index contributed by atoms with van der Waals surface area (Å²) in [5.74, 6) is 0. The minimum Gasteiger partial charge on any atom is -0.397 e. The first-order chi connectivity index (χ1) is 7.61. The van der Waals surface area contributed by atoms with Crippen molar-refractivity contribution in [3.05, 3.63) is 40.3 Å². The second-order valence-corrected chi connectivity index (χ2v) is 4.86. The first kappa shape index (κ1) is 10.7. The molecule has 0 saturated heterocycles. The van der Waals surface area contributed by atoms with Crippen molar-refractivity contribution in [2.45, 2.75) is 13.8 Å². The van der Waals surface area contributed by atoms with Gasteiger partial charge in [-0.1, -0.05) is 18.2 Å². The quantitative estimate of drug-likeness (QED) is 0.812. The van der Waals surface area contributed by atoms with Crippen LogP contribution in [0.3, 0.4) is 0 Å². The van der Waals surface area contributed by atoms with Crippen molar-refractivity contribution in [2.75, 3.05) is 5.73 Å². The average molecular weight is 228 g/mol. The number of aryl methyl sites for hydroxylation is 2. The van der Waals surface area contributed by atoms with Crippen molar-refractivity contribution in [1.82, 2.24) is 0 Å². The van der Waals surface area contributed by atoms with Crippen LogP contribution in [0.25, 0.3) is 10.4 Å². The number of nitriles is 1. The van der Waals surface area contributed by atoms with Gasteiger partial charge in [-0.15, -0.1) is 11.3 Å². The van der Waals surface area contributed by atoms with Crippen LogP contribution in [-0.4, -0.2) is 0 Å². The molecule has 0 amide bonds. The Labute approximate surface area is 99.0 Å². The van der Waals surface area contributed by atoms with Crippen LogP contribution in [0.1, 0.15) is 16.0 Å². The summed E-state index contributed by atoms with van der Waals surface area (Å²) in [6.07, 6.45) is 0. The summed E-state index contributed by atoms with van der Waals surface area (Å²) in [5, 5.41) is 8.86. The number of nitrogens with zero attached hydrogens (tertiary/aromatic N) is 1. The average Bonchev–Trinajstić information content (AvgIpc) is 2.64. The number of rotatable bonds is 1. The third kappa shape index (κ3) is 1.80.